The first kappa shape index (κ1) is 11.9. The molecule has 0 saturated heterocycles. The lowest BCUT2D eigenvalue weighted by atomic mass is 10.2. The first-order chi connectivity index (χ1) is 6.24. The summed E-state index contributed by atoms with van der Waals surface area (Å²) in [5, 5.41) is 5.72. The minimum atomic E-state index is 0.0653. The molecule has 3 nitrogen and oxygen atoms in total. The Labute approximate surface area is 79.9 Å². The third kappa shape index (κ3) is 6.11. The van der Waals surface area contributed by atoms with E-state index in [1.54, 1.807) is 6.08 Å². The van der Waals surface area contributed by atoms with Crippen LogP contribution in [0.3, 0.4) is 0 Å². The molecule has 0 bridgehead atoms. The molecule has 3 heteroatoms. The van der Waals surface area contributed by atoms with Gasteiger partial charge in [0, 0.05) is 19.5 Å². The van der Waals surface area contributed by atoms with Gasteiger partial charge in [-0.25, -0.2) is 0 Å². The van der Waals surface area contributed by atoms with Crippen LogP contribution < -0.4 is 10.6 Å². The van der Waals surface area contributed by atoms with E-state index in [4.69, 9.17) is 0 Å². The molecule has 0 rings (SSSR count). The number of hydrogen-bond donors (Lipinski definition) is 2. The molecule has 2 N–H and O–H groups in total. The largest absolute Gasteiger partial charge is 0.352 e. The first-order valence-corrected chi connectivity index (χ1v) is 4.43. The average molecular weight is 182 g/mol. The summed E-state index contributed by atoms with van der Waals surface area (Å²) in [4.78, 5) is 11.1. The summed E-state index contributed by atoms with van der Waals surface area (Å²) in [6, 6.07) is 0. The monoisotopic (exact) mass is 182 g/mol. The SMILES string of the molecule is C=C/C(=C\C)CNC(=O)CCNC. The van der Waals surface area contributed by atoms with Crippen LogP contribution in [0.1, 0.15) is 13.3 Å². The van der Waals surface area contributed by atoms with Crippen molar-refractivity contribution in [2.24, 2.45) is 0 Å². The Morgan fingerprint density at radius 2 is 2.23 bits per heavy atom. The first-order valence-electron chi connectivity index (χ1n) is 4.43. The minimum absolute atomic E-state index is 0.0653. The quantitative estimate of drug-likeness (QED) is 0.598. The van der Waals surface area contributed by atoms with E-state index in [2.05, 4.69) is 17.2 Å². The lowest BCUT2D eigenvalue weighted by Crippen LogP contribution is -2.27. The Morgan fingerprint density at radius 1 is 1.54 bits per heavy atom. The zero-order valence-corrected chi connectivity index (χ0v) is 8.39. The van der Waals surface area contributed by atoms with Crippen molar-refractivity contribution in [1.82, 2.24) is 10.6 Å². The second-order valence-corrected chi connectivity index (χ2v) is 2.70. The van der Waals surface area contributed by atoms with E-state index in [0.29, 0.717) is 19.5 Å². The van der Waals surface area contributed by atoms with Gasteiger partial charge in [0.05, 0.1) is 0 Å². The summed E-state index contributed by atoms with van der Waals surface area (Å²) in [6.45, 7) is 6.85. The van der Waals surface area contributed by atoms with Crippen molar-refractivity contribution in [3.05, 3.63) is 24.3 Å². The molecule has 0 atom stereocenters. The smallest absolute Gasteiger partial charge is 0.221 e. The van der Waals surface area contributed by atoms with Crippen LogP contribution in [-0.4, -0.2) is 26.0 Å². The molecule has 0 aromatic carbocycles. The second kappa shape index (κ2) is 7.55. The number of carbonyl (C=O) groups is 1. The maximum atomic E-state index is 11.1. The van der Waals surface area contributed by atoms with Gasteiger partial charge in [-0.2, -0.15) is 0 Å². The van der Waals surface area contributed by atoms with Gasteiger partial charge in [-0.15, -0.1) is 0 Å². The molecule has 0 radical (unpaired) electrons. The van der Waals surface area contributed by atoms with Crippen molar-refractivity contribution in [2.75, 3.05) is 20.1 Å². The molecule has 1 amide bonds. The number of nitrogens with one attached hydrogen (secondary N) is 2. The van der Waals surface area contributed by atoms with Crippen LogP contribution in [0.4, 0.5) is 0 Å². The lowest BCUT2D eigenvalue weighted by Gasteiger charge is -2.04. The molecule has 0 aliphatic carbocycles. The van der Waals surface area contributed by atoms with E-state index in [1.807, 2.05) is 20.0 Å². The van der Waals surface area contributed by atoms with Gasteiger partial charge in [0.2, 0.25) is 5.91 Å². The van der Waals surface area contributed by atoms with Crippen LogP contribution in [0, 0.1) is 0 Å². The molecule has 74 valence electrons. The number of carbonyl (C=O) groups excluding carboxylic acids is 1. The summed E-state index contributed by atoms with van der Waals surface area (Å²) in [6.07, 6.45) is 4.20. The molecule has 0 spiro atoms. The summed E-state index contributed by atoms with van der Waals surface area (Å²) in [5.74, 6) is 0.0653. The molecule has 0 unspecified atom stereocenters. The third-order valence-corrected chi connectivity index (χ3v) is 1.72. The maximum Gasteiger partial charge on any atom is 0.221 e. The number of hydrogen-bond acceptors (Lipinski definition) is 2. The van der Waals surface area contributed by atoms with Crippen molar-refractivity contribution in [3.8, 4) is 0 Å². The van der Waals surface area contributed by atoms with Crippen LogP contribution in [0.15, 0.2) is 24.3 Å². The van der Waals surface area contributed by atoms with Crippen molar-refractivity contribution in [2.45, 2.75) is 13.3 Å². The van der Waals surface area contributed by atoms with Gasteiger partial charge >= 0.3 is 0 Å². The Balaban J connectivity index is 3.63. The van der Waals surface area contributed by atoms with E-state index in [1.165, 1.54) is 0 Å². The standard InChI is InChI=1S/C10H18N2O/c1-4-9(5-2)8-12-10(13)6-7-11-3/h4-5,11H,1,6-8H2,2-3H3,(H,12,13)/b9-5+. The van der Waals surface area contributed by atoms with Crippen LogP contribution in [0.25, 0.3) is 0 Å². The van der Waals surface area contributed by atoms with Crippen molar-refractivity contribution < 1.29 is 4.79 Å². The molecule has 0 aromatic heterocycles. The molecule has 0 fully saturated rings. The van der Waals surface area contributed by atoms with Crippen LogP contribution in [0.5, 0.6) is 0 Å². The fourth-order valence-electron chi connectivity index (χ4n) is 0.820. The highest BCUT2D eigenvalue weighted by atomic mass is 16.1. The van der Waals surface area contributed by atoms with Crippen molar-refractivity contribution in [1.29, 1.82) is 0 Å². The average Bonchev–Trinajstić information content (AvgIpc) is 2.16. The summed E-state index contributed by atoms with van der Waals surface area (Å²) in [5.41, 5.74) is 1.04. The predicted octanol–water partition coefficient (Wildman–Crippen LogP) is 0.844. The molecule has 0 aliphatic heterocycles. The summed E-state index contributed by atoms with van der Waals surface area (Å²) in [7, 11) is 1.83. The van der Waals surface area contributed by atoms with Crippen molar-refractivity contribution >= 4 is 5.91 Å². The van der Waals surface area contributed by atoms with Crippen LogP contribution in [-0.2, 0) is 4.79 Å². The van der Waals surface area contributed by atoms with Gasteiger partial charge in [-0.1, -0.05) is 18.7 Å². The Hall–Kier alpha value is -1.09. The number of rotatable bonds is 6. The van der Waals surface area contributed by atoms with Gasteiger partial charge < -0.3 is 10.6 Å². The Morgan fingerprint density at radius 3 is 2.69 bits per heavy atom. The zero-order valence-electron chi connectivity index (χ0n) is 8.39. The molecular formula is C10H18N2O. The molecule has 0 aliphatic rings. The summed E-state index contributed by atoms with van der Waals surface area (Å²) >= 11 is 0. The highest BCUT2D eigenvalue weighted by Crippen LogP contribution is 1.92. The third-order valence-electron chi connectivity index (χ3n) is 1.72. The van der Waals surface area contributed by atoms with Gasteiger partial charge in [0.15, 0.2) is 0 Å². The Bertz CT molecular complexity index is 197. The number of amides is 1. The molecule has 13 heavy (non-hydrogen) atoms. The molecule has 0 heterocycles. The van der Waals surface area contributed by atoms with E-state index in [9.17, 15) is 4.79 Å². The second-order valence-electron chi connectivity index (χ2n) is 2.70. The van der Waals surface area contributed by atoms with E-state index in [-0.39, 0.29) is 5.91 Å². The predicted molar refractivity (Wildman–Crippen MR) is 55.5 cm³/mol. The fraction of sp³-hybridized carbons (Fsp3) is 0.500. The van der Waals surface area contributed by atoms with E-state index >= 15 is 0 Å². The lowest BCUT2D eigenvalue weighted by molar-refractivity contribution is -0.120. The maximum absolute atomic E-state index is 11.1. The molecule has 0 aromatic rings. The van der Waals surface area contributed by atoms with Gasteiger partial charge in [0.25, 0.3) is 0 Å². The highest BCUT2D eigenvalue weighted by molar-refractivity contribution is 5.76. The zero-order chi connectivity index (χ0) is 10.1. The minimum Gasteiger partial charge on any atom is -0.352 e. The Kier molecular flexibility index (Phi) is 6.92. The fourth-order valence-corrected chi connectivity index (χ4v) is 0.820. The normalized spacial score (nSPS) is 11.1. The summed E-state index contributed by atoms with van der Waals surface area (Å²) < 4.78 is 0. The van der Waals surface area contributed by atoms with Crippen LogP contribution >= 0.6 is 0 Å². The van der Waals surface area contributed by atoms with Crippen molar-refractivity contribution in [3.63, 3.8) is 0 Å². The highest BCUT2D eigenvalue weighted by Gasteiger charge is 1.98. The number of allylic oxidation sites excluding steroid dienone is 1. The molecular weight excluding hydrogens is 164 g/mol. The van der Waals surface area contributed by atoms with Gasteiger partial charge in [0.1, 0.15) is 0 Å². The molecule has 0 saturated carbocycles. The van der Waals surface area contributed by atoms with Crippen LogP contribution in [0.2, 0.25) is 0 Å². The van der Waals surface area contributed by atoms with E-state index in [0.717, 1.165) is 5.57 Å². The van der Waals surface area contributed by atoms with E-state index < -0.39 is 0 Å². The van der Waals surface area contributed by atoms with Gasteiger partial charge in [-0.3, -0.25) is 4.79 Å². The van der Waals surface area contributed by atoms with Gasteiger partial charge in [-0.05, 0) is 19.5 Å². The topological polar surface area (TPSA) is 41.1 Å².